The van der Waals surface area contributed by atoms with Gasteiger partial charge in [0.1, 0.15) is 5.52 Å². The van der Waals surface area contributed by atoms with E-state index in [1.54, 1.807) is 61.5 Å². The molecule has 3 aromatic carbocycles. The molecule has 144 valence electrons. The zero-order valence-corrected chi connectivity index (χ0v) is 15.9. The molecule has 0 saturated heterocycles. The van der Waals surface area contributed by atoms with Crippen LogP contribution in [0.5, 0.6) is 0 Å². The molecular weight excluding hydrogens is 394 g/mol. The molecule has 0 fully saturated rings. The van der Waals surface area contributed by atoms with Crippen LogP contribution in [-0.2, 0) is 0 Å². The van der Waals surface area contributed by atoms with Crippen molar-refractivity contribution in [3.63, 3.8) is 0 Å². The van der Waals surface area contributed by atoms with E-state index >= 15 is 0 Å². The van der Waals surface area contributed by atoms with Crippen LogP contribution in [0.15, 0.2) is 65.1 Å². The molecule has 0 aliphatic rings. The van der Waals surface area contributed by atoms with Crippen LogP contribution in [0, 0.1) is 17.0 Å². The van der Waals surface area contributed by atoms with Gasteiger partial charge < -0.3 is 9.73 Å². The van der Waals surface area contributed by atoms with E-state index in [2.05, 4.69) is 10.3 Å². The number of hydrogen-bond acceptors (Lipinski definition) is 5. The van der Waals surface area contributed by atoms with E-state index in [9.17, 15) is 14.9 Å². The van der Waals surface area contributed by atoms with Gasteiger partial charge in [-0.25, -0.2) is 4.98 Å². The Morgan fingerprint density at radius 2 is 1.97 bits per heavy atom. The zero-order chi connectivity index (χ0) is 20.5. The van der Waals surface area contributed by atoms with Gasteiger partial charge in [-0.1, -0.05) is 23.7 Å². The molecule has 8 heteroatoms. The Labute approximate surface area is 170 Å². The lowest BCUT2D eigenvalue weighted by molar-refractivity contribution is -0.385. The number of anilines is 1. The van der Waals surface area contributed by atoms with E-state index < -0.39 is 10.8 Å². The van der Waals surface area contributed by atoms with Crippen LogP contribution in [-0.4, -0.2) is 15.8 Å². The second-order valence-corrected chi connectivity index (χ2v) is 6.86. The van der Waals surface area contributed by atoms with Crippen LogP contribution in [0.2, 0.25) is 5.02 Å². The summed E-state index contributed by atoms with van der Waals surface area (Å²) in [7, 11) is 0. The first kappa shape index (κ1) is 18.6. The molecule has 7 nitrogen and oxygen atoms in total. The Bertz CT molecular complexity index is 1270. The number of nitro benzene ring substituents is 1. The smallest absolute Gasteiger partial charge is 0.273 e. The number of aromatic nitrogens is 1. The number of oxazole rings is 1. The lowest BCUT2D eigenvalue weighted by atomic mass is 10.1. The number of nitrogens with zero attached hydrogens (tertiary/aromatic N) is 2. The Hall–Kier alpha value is -3.71. The first-order valence-electron chi connectivity index (χ1n) is 8.63. The van der Waals surface area contributed by atoms with Crippen LogP contribution < -0.4 is 5.32 Å². The van der Waals surface area contributed by atoms with Gasteiger partial charge in [0.05, 0.1) is 4.92 Å². The van der Waals surface area contributed by atoms with Crippen molar-refractivity contribution in [2.24, 2.45) is 0 Å². The Balaban J connectivity index is 1.61. The van der Waals surface area contributed by atoms with Crippen LogP contribution in [0.4, 0.5) is 11.4 Å². The first-order valence-corrected chi connectivity index (χ1v) is 9.01. The Morgan fingerprint density at radius 3 is 2.76 bits per heavy atom. The maximum atomic E-state index is 12.5. The summed E-state index contributed by atoms with van der Waals surface area (Å²) >= 11 is 5.98. The summed E-state index contributed by atoms with van der Waals surface area (Å²) in [6.45, 7) is 1.62. The summed E-state index contributed by atoms with van der Waals surface area (Å²) in [5, 5.41) is 14.4. The molecule has 29 heavy (non-hydrogen) atoms. The molecule has 0 aliphatic carbocycles. The summed E-state index contributed by atoms with van der Waals surface area (Å²) in [6.07, 6.45) is 0. The van der Waals surface area contributed by atoms with Gasteiger partial charge in [-0.3, -0.25) is 14.9 Å². The van der Waals surface area contributed by atoms with Crippen LogP contribution in [0.1, 0.15) is 15.9 Å². The van der Waals surface area contributed by atoms with Gasteiger partial charge in [-0.2, -0.15) is 0 Å². The van der Waals surface area contributed by atoms with Crippen molar-refractivity contribution < 1.29 is 14.1 Å². The number of carbonyl (C=O) groups excluding carboxylic acids is 1. The van der Waals surface area contributed by atoms with Gasteiger partial charge in [-0.15, -0.1) is 0 Å². The number of halogens is 1. The summed E-state index contributed by atoms with van der Waals surface area (Å²) in [6, 6.07) is 16.5. The molecule has 4 rings (SSSR count). The van der Waals surface area contributed by atoms with E-state index in [-0.39, 0.29) is 11.3 Å². The lowest BCUT2D eigenvalue weighted by Crippen LogP contribution is -2.12. The lowest BCUT2D eigenvalue weighted by Gasteiger charge is -2.07. The highest BCUT2D eigenvalue weighted by atomic mass is 35.5. The number of carbonyl (C=O) groups is 1. The third kappa shape index (κ3) is 3.81. The number of nitro groups is 1. The standard InChI is InChI=1S/C21H14ClN3O4/c1-12-5-6-13(10-18(12)25(27)28)20(26)23-16-4-2-3-14(9-16)21-24-17-11-15(22)7-8-19(17)29-21/h2-11H,1H3,(H,23,26). The predicted molar refractivity (Wildman–Crippen MR) is 110 cm³/mol. The molecule has 0 aliphatic heterocycles. The van der Waals surface area contributed by atoms with Crippen LogP contribution >= 0.6 is 11.6 Å². The Kier molecular flexibility index (Phi) is 4.74. The number of fused-ring (bicyclic) bond motifs is 1. The highest BCUT2D eigenvalue weighted by Gasteiger charge is 2.16. The predicted octanol–water partition coefficient (Wildman–Crippen LogP) is 5.62. The van der Waals surface area contributed by atoms with Gasteiger partial charge in [0.25, 0.3) is 11.6 Å². The summed E-state index contributed by atoms with van der Waals surface area (Å²) in [5.74, 6) is -0.0565. The maximum Gasteiger partial charge on any atom is 0.273 e. The third-order valence-electron chi connectivity index (χ3n) is 4.39. The van der Waals surface area contributed by atoms with Crippen molar-refractivity contribution in [1.29, 1.82) is 0 Å². The molecule has 1 amide bonds. The molecule has 0 radical (unpaired) electrons. The Morgan fingerprint density at radius 1 is 1.14 bits per heavy atom. The molecule has 0 unspecified atom stereocenters. The van der Waals surface area contributed by atoms with Gasteiger partial charge >= 0.3 is 0 Å². The quantitative estimate of drug-likeness (QED) is 0.350. The fourth-order valence-electron chi connectivity index (χ4n) is 2.90. The zero-order valence-electron chi connectivity index (χ0n) is 15.2. The number of aryl methyl sites for hydroxylation is 1. The van der Waals surface area contributed by atoms with Gasteiger partial charge in [-0.05, 0) is 49.4 Å². The maximum absolute atomic E-state index is 12.5. The first-order chi connectivity index (χ1) is 13.9. The van der Waals surface area contributed by atoms with Gasteiger partial charge in [0, 0.05) is 33.5 Å². The summed E-state index contributed by atoms with van der Waals surface area (Å²) < 4.78 is 5.75. The van der Waals surface area contributed by atoms with Crippen molar-refractivity contribution >= 4 is 40.0 Å². The third-order valence-corrected chi connectivity index (χ3v) is 4.62. The fraction of sp³-hybridized carbons (Fsp3) is 0.0476. The summed E-state index contributed by atoms with van der Waals surface area (Å²) in [5.41, 5.74) is 3.01. The minimum absolute atomic E-state index is 0.100. The molecule has 0 saturated carbocycles. The normalized spacial score (nSPS) is 10.8. The summed E-state index contributed by atoms with van der Waals surface area (Å²) in [4.78, 5) is 27.6. The van der Waals surface area contributed by atoms with Gasteiger partial charge in [0.2, 0.25) is 5.89 Å². The topological polar surface area (TPSA) is 98.3 Å². The van der Waals surface area contributed by atoms with Crippen molar-refractivity contribution in [3.05, 3.63) is 86.9 Å². The van der Waals surface area contributed by atoms with E-state index in [4.69, 9.17) is 16.0 Å². The van der Waals surface area contributed by atoms with Crippen molar-refractivity contribution in [1.82, 2.24) is 4.98 Å². The molecular formula is C21H14ClN3O4. The molecule has 0 bridgehead atoms. The fourth-order valence-corrected chi connectivity index (χ4v) is 3.07. The highest BCUT2D eigenvalue weighted by molar-refractivity contribution is 6.31. The molecule has 1 aromatic heterocycles. The molecule has 0 spiro atoms. The minimum atomic E-state index is -0.508. The second kappa shape index (κ2) is 7.37. The average Bonchev–Trinajstić information content (AvgIpc) is 3.11. The second-order valence-electron chi connectivity index (χ2n) is 6.42. The number of hydrogen-bond donors (Lipinski definition) is 1. The number of benzene rings is 3. The van der Waals surface area contributed by atoms with Crippen LogP contribution in [0.25, 0.3) is 22.6 Å². The van der Waals surface area contributed by atoms with Crippen molar-refractivity contribution in [2.75, 3.05) is 5.32 Å². The van der Waals surface area contributed by atoms with E-state index in [1.807, 2.05) is 0 Å². The van der Waals surface area contributed by atoms with E-state index in [0.29, 0.717) is 38.8 Å². The molecule has 0 atom stereocenters. The largest absolute Gasteiger partial charge is 0.436 e. The molecule has 4 aromatic rings. The molecule has 1 N–H and O–H groups in total. The number of rotatable bonds is 4. The van der Waals surface area contributed by atoms with Gasteiger partial charge in [0.15, 0.2) is 5.58 Å². The van der Waals surface area contributed by atoms with Crippen LogP contribution in [0.3, 0.4) is 0 Å². The minimum Gasteiger partial charge on any atom is -0.436 e. The highest BCUT2D eigenvalue weighted by Crippen LogP contribution is 2.28. The van der Waals surface area contributed by atoms with E-state index in [0.717, 1.165) is 0 Å². The number of amides is 1. The average molecular weight is 408 g/mol. The van der Waals surface area contributed by atoms with E-state index in [1.165, 1.54) is 6.07 Å². The van der Waals surface area contributed by atoms with Crippen molar-refractivity contribution in [2.45, 2.75) is 6.92 Å². The van der Waals surface area contributed by atoms with Crippen molar-refractivity contribution in [3.8, 4) is 11.5 Å². The molecule has 1 heterocycles. The monoisotopic (exact) mass is 407 g/mol. The SMILES string of the molecule is Cc1ccc(C(=O)Nc2cccc(-c3nc4cc(Cl)ccc4o3)c2)cc1[N+](=O)[O-]. The number of nitrogens with one attached hydrogen (secondary N) is 1.